The summed E-state index contributed by atoms with van der Waals surface area (Å²) in [5.41, 5.74) is 42.2. The second kappa shape index (κ2) is 33.6. The molecule has 21 heteroatoms. The van der Waals surface area contributed by atoms with E-state index >= 15 is 0 Å². The van der Waals surface area contributed by atoms with Gasteiger partial charge in [0.1, 0.15) is 35.4 Å². The molecule has 0 fully saturated rings. The molecule has 0 aliphatic carbocycles. The highest BCUT2D eigenvalue weighted by atomic mass is 16.3. The molecule has 452 valence electrons. The quantitative estimate of drug-likeness (QED) is 0.0201. The van der Waals surface area contributed by atoms with Crippen molar-refractivity contribution in [2.24, 2.45) is 34.4 Å². The highest BCUT2D eigenvalue weighted by Crippen LogP contribution is 2.34. The zero-order valence-electron chi connectivity index (χ0n) is 47.8. The molecule has 0 saturated heterocycles. The van der Waals surface area contributed by atoms with Crippen LogP contribution in [0.15, 0.2) is 146 Å². The number of phenolic OH excluding ortho intramolecular Hbond substituents is 3. The average Bonchev–Trinajstić information content (AvgIpc) is 3.34. The number of hydrogen-bond acceptors (Lipinski definition) is 15. The number of nitrogens with one attached hydrogen (secondary N) is 6. The van der Waals surface area contributed by atoms with Gasteiger partial charge in [0, 0.05) is 23.0 Å². The number of benzene rings is 6. The van der Waals surface area contributed by atoms with Crippen LogP contribution < -0.4 is 66.3 Å². The molecule has 85 heavy (non-hydrogen) atoms. The van der Waals surface area contributed by atoms with E-state index in [1.54, 1.807) is 72.8 Å². The van der Waals surface area contributed by atoms with Gasteiger partial charge >= 0.3 is 0 Å². The molecule has 0 bridgehead atoms. The number of carbonyl (C=O) groups excluding carboxylic acids is 6. The van der Waals surface area contributed by atoms with Crippen LogP contribution in [0.5, 0.6) is 17.2 Å². The Morgan fingerprint density at radius 2 is 0.565 bits per heavy atom. The van der Waals surface area contributed by atoms with Gasteiger partial charge in [-0.25, -0.2) is 0 Å². The second-order valence-corrected chi connectivity index (χ2v) is 21.2. The number of carbonyl (C=O) groups is 6. The van der Waals surface area contributed by atoms with E-state index in [0.717, 1.165) is 33.4 Å². The van der Waals surface area contributed by atoms with Gasteiger partial charge in [-0.3, -0.25) is 28.8 Å². The SMILES string of the molecule is NCCCC[C@H](NC(=O)[C@H](N)Cc1ccc(O)cc1)C(=O)Nc1ccc(C(c2ccc(NC(=O)[C@@H](CCCCN)NC(=O)[C@H](N)Cc3ccc(O)cc3)cc2)c2ccc(NC(=O)[C@@H](CCCCN)NC(=O)[C@H](N)Cc3ccc(O)cc3)cc2)cc1. The summed E-state index contributed by atoms with van der Waals surface area (Å²) in [6.07, 6.45) is 5.12. The Morgan fingerprint density at radius 1 is 0.329 bits per heavy atom. The summed E-state index contributed by atoms with van der Waals surface area (Å²) in [5, 5.41) is 46.4. The smallest absolute Gasteiger partial charge is 0.246 e. The molecule has 6 aromatic rings. The van der Waals surface area contributed by atoms with Crippen molar-refractivity contribution in [1.29, 1.82) is 0 Å². The minimum Gasteiger partial charge on any atom is -0.508 e. The third-order valence-electron chi connectivity index (χ3n) is 14.5. The molecule has 0 aliphatic heterocycles. The number of anilines is 3. The molecule has 0 aromatic heterocycles. The number of rotatable bonds is 33. The summed E-state index contributed by atoms with van der Waals surface area (Å²) in [4.78, 5) is 81.8. The lowest BCUT2D eigenvalue weighted by atomic mass is 9.85. The van der Waals surface area contributed by atoms with Crippen LogP contribution in [0.25, 0.3) is 0 Å². The molecule has 0 unspecified atom stereocenters. The van der Waals surface area contributed by atoms with E-state index in [4.69, 9.17) is 34.4 Å². The van der Waals surface area contributed by atoms with Crippen molar-refractivity contribution in [2.75, 3.05) is 35.6 Å². The van der Waals surface area contributed by atoms with E-state index in [0.29, 0.717) is 94.5 Å². The average molecular weight is 1160 g/mol. The topological polar surface area (TPSA) is 391 Å². The van der Waals surface area contributed by atoms with Crippen LogP contribution in [-0.4, -0.2) is 107 Å². The highest BCUT2D eigenvalue weighted by molar-refractivity contribution is 5.99. The summed E-state index contributed by atoms with van der Waals surface area (Å²) in [6.45, 7) is 1.23. The van der Waals surface area contributed by atoms with Gasteiger partial charge in [-0.05, 0) is 203 Å². The number of amides is 6. The van der Waals surface area contributed by atoms with Gasteiger partial charge in [0.05, 0.1) is 18.1 Å². The largest absolute Gasteiger partial charge is 0.508 e. The zero-order valence-corrected chi connectivity index (χ0v) is 47.8. The molecule has 0 saturated carbocycles. The van der Waals surface area contributed by atoms with Gasteiger partial charge in [0.25, 0.3) is 0 Å². The molecule has 6 rings (SSSR count). The Bertz CT molecular complexity index is 2750. The van der Waals surface area contributed by atoms with Gasteiger partial charge in [0.15, 0.2) is 0 Å². The van der Waals surface area contributed by atoms with Gasteiger partial charge in [-0.2, -0.15) is 0 Å². The number of unbranched alkanes of at least 4 members (excludes halogenated alkanes) is 3. The Balaban J connectivity index is 1.22. The molecule has 6 atom stereocenters. The summed E-state index contributed by atoms with van der Waals surface area (Å²) in [5.74, 6) is -3.06. The predicted octanol–water partition coefficient (Wildman–Crippen LogP) is 4.35. The molecule has 0 spiro atoms. The first-order chi connectivity index (χ1) is 40.9. The maximum absolute atomic E-state index is 13.9. The van der Waals surface area contributed by atoms with Crippen LogP contribution in [0, 0.1) is 0 Å². The molecule has 6 aromatic carbocycles. The van der Waals surface area contributed by atoms with E-state index in [2.05, 4.69) is 31.9 Å². The molecule has 21 N–H and O–H groups in total. The minimum atomic E-state index is -0.963. The van der Waals surface area contributed by atoms with E-state index < -0.39 is 77.6 Å². The van der Waals surface area contributed by atoms with Crippen molar-refractivity contribution >= 4 is 52.5 Å². The normalized spacial score (nSPS) is 13.3. The summed E-state index contributed by atoms with van der Waals surface area (Å²) in [7, 11) is 0. The number of aromatic hydroxyl groups is 3. The molecule has 21 nitrogen and oxygen atoms in total. The number of phenols is 3. The molecule has 0 radical (unpaired) electrons. The van der Waals surface area contributed by atoms with E-state index in [1.807, 2.05) is 36.4 Å². The first-order valence-electron chi connectivity index (χ1n) is 28.8. The fraction of sp³-hybridized carbons (Fsp3) is 0.344. The third kappa shape index (κ3) is 21.2. The summed E-state index contributed by atoms with van der Waals surface area (Å²) < 4.78 is 0. The van der Waals surface area contributed by atoms with E-state index in [-0.39, 0.29) is 36.5 Å². The summed E-state index contributed by atoms with van der Waals surface area (Å²) >= 11 is 0. The fourth-order valence-electron chi connectivity index (χ4n) is 9.60. The van der Waals surface area contributed by atoms with Crippen LogP contribution in [0.4, 0.5) is 17.1 Å². The highest BCUT2D eigenvalue weighted by Gasteiger charge is 2.28. The van der Waals surface area contributed by atoms with Crippen molar-refractivity contribution in [3.63, 3.8) is 0 Å². The van der Waals surface area contributed by atoms with E-state index in [9.17, 15) is 44.1 Å². The van der Waals surface area contributed by atoms with Gasteiger partial charge in [-0.15, -0.1) is 0 Å². The van der Waals surface area contributed by atoms with Crippen molar-refractivity contribution in [3.8, 4) is 17.2 Å². The maximum Gasteiger partial charge on any atom is 0.246 e. The molecular weight excluding hydrogens is 1080 g/mol. The first-order valence-corrected chi connectivity index (χ1v) is 28.8. The summed E-state index contributed by atoms with van der Waals surface area (Å²) in [6, 6.07) is 35.2. The minimum absolute atomic E-state index is 0.0854. The third-order valence-corrected chi connectivity index (χ3v) is 14.5. The number of nitrogens with two attached hydrogens (primary N) is 6. The Hall–Kier alpha value is -8.70. The number of hydrogen-bond donors (Lipinski definition) is 15. The Morgan fingerprint density at radius 3 is 0.788 bits per heavy atom. The van der Waals surface area contributed by atoms with Crippen molar-refractivity contribution in [1.82, 2.24) is 16.0 Å². The van der Waals surface area contributed by atoms with Crippen molar-refractivity contribution < 1.29 is 44.1 Å². The second-order valence-electron chi connectivity index (χ2n) is 21.2. The zero-order chi connectivity index (χ0) is 61.3. The van der Waals surface area contributed by atoms with Gasteiger partial charge in [0.2, 0.25) is 35.4 Å². The predicted molar refractivity (Wildman–Crippen MR) is 330 cm³/mol. The van der Waals surface area contributed by atoms with Gasteiger partial charge < -0.3 is 81.6 Å². The van der Waals surface area contributed by atoms with Crippen LogP contribution in [-0.2, 0) is 48.0 Å². The van der Waals surface area contributed by atoms with Crippen LogP contribution in [0.2, 0.25) is 0 Å². The van der Waals surface area contributed by atoms with Crippen LogP contribution in [0.3, 0.4) is 0 Å². The van der Waals surface area contributed by atoms with E-state index in [1.165, 1.54) is 36.4 Å². The standard InChI is InChI=1S/C64H82N12O9/c65-34-4-1-7-55(74-59(80)52(68)37-40-10-28-49(77)29-11-40)62(83)71-46-22-16-43(17-23-46)58(44-18-24-47(25-19-44)72-63(84)56(8-2-5-35-66)75-60(81)53(69)38-41-12-30-50(78)31-13-41)45-20-26-48(27-21-45)73-64(85)57(9-3-6-36-67)76-61(82)54(70)39-42-14-32-51(79)33-15-42/h10-33,52-58,77-79H,1-9,34-39,65-70H2,(H,71,83)(H,72,84)(H,73,85)(H,74,80)(H,75,81)(H,76,82)/t52-,53-,54-,55-,56-,57+/m1/s1. The molecule has 0 heterocycles. The molecule has 6 amide bonds. The van der Waals surface area contributed by atoms with Crippen molar-refractivity contribution in [3.05, 3.63) is 179 Å². The Labute approximate surface area is 496 Å². The maximum atomic E-state index is 13.9. The molecule has 0 aliphatic rings. The lowest BCUT2D eigenvalue weighted by Gasteiger charge is -2.23. The fourth-order valence-corrected chi connectivity index (χ4v) is 9.60. The van der Waals surface area contributed by atoms with Gasteiger partial charge in [-0.1, -0.05) is 72.8 Å². The van der Waals surface area contributed by atoms with Crippen LogP contribution in [0.1, 0.15) is 97.1 Å². The lowest BCUT2D eigenvalue weighted by Crippen LogP contribution is -2.50. The van der Waals surface area contributed by atoms with Crippen LogP contribution >= 0.6 is 0 Å². The molecular formula is C64H82N12O9. The monoisotopic (exact) mass is 1160 g/mol. The Kier molecular flexibility index (Phi) is 25.8. The van der Waals surface area contributed by atoms with Crippen molar-refractivity contribution in [2.45, 2.75) is 119 Å². The lowest BCUT2D eigenvalue weighted by molar-refractivity contribution is -0.127. The first kappa shape index (κ1) is 65.5.